The third-order valence-electron chi connectivity index (χ3n) is 5.78. The van der Waals surface area contributed by atoms with Crippen LogP contribution in [0.1, 0.15) is 51.5 Å². The largest absolute Gasteiger partial charge is 0.481 e. The molecule has 4 rings (SSSR count). The Hall–Kier alpha value is -2.30. The number of fused-ring (bicyclic) bond motifs is 1. The second-order valence-electron chi connectivity index (χ2n) is 7.53. The van der Waals surface area contributed by atoms with Crippen molar-refractivity contribution in [3.05, 3.63) is 40.2 Å². The SMILES string of the molecule is CCc1cc(=O)oc2cc(OC(C)C(=O)N3CCCCC34CC4)ccc12. The lowest BCUT2D eigenvalue weighted by Crippen LogP contribution is -2.50. The number of carbonyl (C=O) groups excluding carboxylic acids is 1. The second kappa shape index (κ2) is 6.45. The van der Waals surface area contributed by atoms with Crippen LogP contribution in [0.15, 0.2) is 33.5 Å². The molecular weight excluding hydrogens is 330 g/mol. The highest BCUT2D eigenvalue weighted by atomic mass is 16.5. The van der Waals surface area contributed by atoms with Gasteiger partial charge in [-0.2, -0.15) is 0 Å². The molecular formula is C21H25NO4. The van der Waals surface area contributed by atoms with Gasteiger partial charge in [0, 0.05) is 29.6 Å². The maximum absolute atomic E-state index is 12.9. The third kappa shape index (κ3) is 3.00. The van der Waals surface area contributed by atoms with E-state index in [0.717, 1.165) is 49.6 Å². The summed E-state index contributed by atoms with van der Waals surface area (Å²) in [4.78, 5) is 26.7. The van der Waals surface area contributed by atoms with Gasteiger partial charge in [0.2, 0.25) is 0 Å². The number of benzene rings is 1. The van der Waals surface area contributed by atoms with Crippen molar-refractivity contribution in [2.24, 2.45) is 0 Å². The molecule has 1 spiro atoms. The number of nitrogens with zero attached hydrogens (tertiary/aromatic N) is 1. The Morgan fingerprint density at radius 1 is 1.27 bits per heavy atom. The molecule has 5 heteroatoms. The fraction of sp³-hybridized carbons (Fsp3) is 0.524. The molecule has 1 saturated heterocycles. The minimum Gasteiger partial charge on any atom is -0.481 e. The molecule has 2 heterocycles. The van der Waals surface area contributed by atoms with E-state index in [1.165, 1.54) is 12.5 Å². The van der Waals surface area contributed by atoms with E-state index < -0.39 is 6.10 Å². The number of hydrogen-bond donors (Lipinski definition) is 0. The zero-order valence-electron chi connectivity index (χ0n) is 15.4. The summed E-state index contributed by atoms with van der Waals surface area (Å²) in [6.45, 7) is 4.64. The van der Waals surface area contributed by atoms with Gasteiger partial charge in [-0.25, -0.2) is 4.79 Å². The van der Waals surface area contributed by atoms with Crippen LogP contribution < -0.4 is 10.4 Å². The third-order valence-corrected chi connectivity index (χ3v) is 5.78. The number of aryl methyl sites for hydroxylation is 1. The highest BCUT2D eigenvalue weighted by Crippen LogP contribution is 2.48. The molecule has 1 aliphatic carbocycles. The zero-order valence-corrected chi connectivity index (χ0v) is 15.4. The van der Waals surface area contributed by atoms with E-state index in [0.29, 0.717) is 11.3 Å². The van der Waals surface area contributed by atoms with Crippen molar-refractivity contribution < 1.29 is 13.9 Å². The summed E-state index contributed by atoms with van der Waals surface area (Å²) in [5.41, 5.74) is 1.21. The smallest absolute Gasteiger partial charge is 0.336 e. The molecule has 1 aromatic carbocycles. The van der Waals surface area contributed by atoms with Crippen LogP contribution >= 0.6 is 0 Å². The van der Waals surface area contributed by atoms with Gasteiger partial charge >= 0.3 is 5.63 Å². The summed E-state index contributed by atoms with van der Waals surface area (Å²) >= 11 is 0. The van der Waals surface area contributed by atoms with Gasteiger partial charge in [0.05, 0.1) is 0 Å². The second-order valence-corrected chi connectivity index (χ2v) is 7.53. The van der Waals surface area contributed by atoms with Crippen molar-refractivity contribution in [1.82, 2.24) is 4.90 Å². The summed E-state index contributed by atoms with van der Waals surface area (Å²) in [5, 5.41) is 0.909. The van der Waals surface area contributed by atoms with Crippen LogP contribution in [-0.4, -0.2) is 29.0 Å². The first-order valence-electron chi connectivity index (χ1n) is 9.57. The average Bonchev–Trinajstić information content (AvgIpc) is 3.40. The molecule has 1 amide bonds. The van der Waals surface area contributed by atoms with Crippen molar-refractivity contribution in [2.45, 2.75) is 64.0 Å². The Kier molecular flexibility index (Phi) is 4.25. The molecule has 0 N–H and O–H groups in total. The predicted octanol–water partition coefficient (Wildman–Crippen LogP) is 3.67. The number of hydrogen-bond acceptors (Lipinski definition) is 4. The Labute approximate surface area is 152 Å². The Balaban J connectivity index is 1.54. The van der Waals surface area contributed by atoms with Gasteiger partial charge in [0.25, 0.3) is 5.91 Å². The van der Waals surface area contributed by atoms with Gasteiger partial charge in [-0.1, -0.05) is 6.92 Å². The number of amides is 1. The Morgan fingerprint density at radius 3 is 2.81 bits per heavy atom. The number of rotatable bonds is 4. The van der Waals surface area contributed by atoms with Crippen LogP contribution in [0.3, 0.4) is 0 Å². The lowest BCUT2D eigenvalue weighted by molar-refractivity contribution is -0.142. The van der Waals surface area contributed by atoms with Gasteiger partial charge in [0.1, 0.15) is 11.3 Å². The normalized spacial score (nSPS) is 19.5. The summed E-state index contributed by atoms with van der Waals surface area (Å²) in [5.74, 6) is 0.614. The molecule has 1 saturated carbocycles. The molecule has 0 bridgehead atoms. The highest BCUT2D eigenvalue weighted by molar-refractivity contribution is 5.83. The standard InChI is InChI=1S/C21H25NO4/c1-3-15-12-19(23)26-18-13-16(6-7-17(15)18)25-14(2)20(24)22-11-5-4-8-21(22)9-10-21/h6-7,12-14H,3-5,8-11H2,1-2H3. The van der Waals surface area contributed by atoms with Crippen LogP contribution in [-0.2, 0) is 11.2 Å². The number of ether oxygens (including phenoxy) is 1. The first-order chi connectivity index (χ1) is 12.5. The zero-order chi connectivity index (χ0) is 18.3. The van der Waals surface area contributed by atoms with E-state index in [1.807, 2.05) is 24.0 Å². The van der Waals surface area contributed by atoms with Crippen molar-refractivity contribution in [3.8, 4) is 5.75 Å². The molecule has 5 nitrogen and oxygen atoms in total. The Morgan fingerprint density at radius 2 is 2.08 bits per heavy atom. The minimum absolute atomic E-state index is 0.0612. The maximum Gasteiger partial charge on any atom is 0.336 e. The van der Waals surface area contributed by atoms with E-state index in [-0.39, 0.29) is 17.1 Å². The van der Waals surface area contributed by atoms with Crippen molar-refractivity contribution in [2.75, 3.05) is 6.54 Å². The van der Waals surface area contributed by atoms with E-state index in [1.54, 1.807) is 13.0 Å². The molecule has 1 aromatic heterocycles. The van der Waals surface area contributed by atoms with Crippen LogP contribution in [0.25, 0.3) is 11.0 Å². The van der Waals surface area contributed by atoms with E-state index in [4.69, 9.17) is 9.15 Å². The van der Waals surface area contributed by atoms with Gasteiger partial charge in [-0.05, 0) is 63.1 Å². The van der Waals surface area contributed by atoms with Crippen LogP contribution in [0.5, 0.6) is 5.75 Å². The topological polar surface area (TPSA) is 59.8 Å². The van der Waals surface area contributed by atoms with Crippen LogP contribution in [0, 0.1) is 0 Å². The lowest BCUT2D eigenvalue weighted by atomic mass is 9.99. The number of carbonyl (C=O) groups is 1. The summed E-state index contributed by atoms with van der Waals surface area (Å²) in [7, 11) is 0. The molecule has 2 fully saturated rings. The average molecular weight is 355 g/mol. The summed E-state index contributed by atoms with van der Waals surface area (Å²) in [6.07, 6.45) is 5.84. The Bertz CT molecular complexity index is 897. The predicted molar refractivity (Wildman–Crippen MR) is 99.5 cm³/mol. The molecule has 1 aliphatic heterocycles. The first kappa shape index (κ1) is 17.1. The summed E-state index contributed by atoms with van der Waals surface area (Å²) < 4.78 is 11.2. The first-order valence-corrected chi connectivity index (χ1v) is 9.57. The summed E-state index contributed by atoms with van der Waals surface area (Å²) in [6, 6.07) is 6.98. The number of piperidine rings is 1. The van der Waals surface area contributed by atoms with Crippen molar-refractivity contribution >= 4 is 16.9 Å². The maximum atomic E-state index is 12.9. The van der Waals surface area contributed by atoms with Gasteiger partial charge < -0.3 is 14.1 Å². The number of likely N-dealkylation sites (tertiary alicyclic amines) is 1. The van der Waals surface area contributed by atoms with Crippen LogP contribution in [0.4, 0.5) is 0 Å². The van der Waals surface area contributed by atoms with Crippen LogP contribution in [0.2, 0.25) is 0 Å². The van der Waals surface area contributed by atoms with Crippen molar-refractivity contribution in [3.63, 3.8) is 0 Å². The molecule has 1 unspecified atom stereocenters. The molecule has 1 atom stereocenters. The molecule has 0 radical (unpaired) electrons. The van der Waals surface area contributed by atoms with E-state index in [2.05, 4.69) is 0 Å². The van der Waals surface area contributed by atoms with E-state index in [9.17, 15) is 9.59 Å². The fourth-order valence-electron chi connectivity index (χ4n) is 4.15. The highest BCUT2D eigenvalue weighted by Gasteiger charge is 2.51. The van der Waals surface area contributed by atoms with Gasteiger partial charge in [-0.15, -0.1) is 0 Å². The molecule has 2 aromatic rings. The van der Waals surface area contributed by atoms with Gasteiger partial charge in [0.15, 0.2) is 6.10 Å². The van der Waals surface area contributed by atoms with Crippen molar-refractivity contribution in [1.29, 1.82) is 0 Å². The molecule has 26 heavy (non-hydrogen) atoms. The monoisotopic (exact) mass is 355 g/mol. The molecule has 138 valence electrons. The lowest BCUT2D eigenvalue weighted by Gasteiger charge is -2.37. The van der Waals surface area contributed by atoms with Gasteiger partial charge in [-0.3, -0.25) is 4.79 Å². The fourth-order valence-corrected chi connectivity index (χ4v) is 4.15. The van der Waals surface area contributed by atoms with E-state index >= 15 is 0 Å². The quantitative estimate of drug-likeness (QED) is 0.785. The minimum atomic E-state index is -0.552. The molecule has 2 aliphatic rings.